The van der Waals surface area contributed by atoms with Crippen LogP contribution in [-0.4, -0.2) is 49.4 Å². The van der Waals surface area contributed by atoms with Gasteiger partial charge in [-0.15, -0.1) is 0 Å². The van der Waals surface area contributed by atoms with E-state index in [0.717, 1.165) is 63.8 Å². The highest BCUT2D eigenvalue weighted by molar-refractivity contribution is 5.60. The van der Waals surface area contributed by atoms with Crippen LogP contribution in [0.5, 0.6) is 0 Å². The predicted octanol–water partition coefficient (Wildman–Crippen LogP) is 4.31. The molecule has 0 amide bonds. The van der Waals surface area contributed by atoms with Crippen LogP contribution in [0.15, 0.2) is 18.2 Å². The summed E-state index contributed by atoms with van der Waals surface area (Å²) < 4.78 is 14.5. The third kappa shape index (κ3) is 5.01. The maximum atomic E-state index is 14.5. The minimum absolute atomic E-state index is 0.138. The van der Waals surface area contributed by atoms with Gasteiger partial charge >= 0.3 is 0 Å². The third-order valence-corrected chi connectivity index (χ3v) is 6.40. The van der Waals surface area contributed by atoms with Crippen molar-refractivity contribution in [2.75, 3.05) is 36.4 Å². The van der Waals surface area contributed by atoms with Crippen LogP contribution >= 0.6 is 0 Å². The Morgan fingerprint density at radius 3 is 2.37 bits per heavy atom. The first-order valence-electron chi connectivity index (χ1n) is 10.6. The van der Waals surface area contributed by atoms with Gasteiger partial charge in [-0.1, -0.05) is 13.8 Å². The summed E-state index contributed by atoms with van der Waals surface area (Å²) in [5, 5.41) is 3.56. The van der Waals surface area contributed by atoms with E-state index in [1.165, 1.54) is 12.8 Å². The number of carbonyl (C=O) groups is 1. The molecule has 27 heavy (non-hydrogen) atoms. The number of rotatable bonds is 7. The van der Waals surface area contributed by atoms with E-state index in [1.54, 1.807) is 6.07 Å². The van der Waals surface area contributed by atoms with Gasteiger partial charge in [-0.3, -0.25) is 4.90 Å². The van der Waals surface area contributed by atoms with E-state index in [9.17, 15) is 9.18 Å². The Kier molecular flexibility index (Phi) is 7.11. The average molecular weight is 376 g/mol. The average Bonchev–Trinajstić information content (AvgIpc) is 2.71. The van der Waals surface area contributed by atoms with Gasteiger partial charge in [0.15, 0.2) is 0 Å². The van der Waals surface area contributed by atoms with Crippen molar-refractivity contribution in [3.63, 3.8) is 0 Å². The van der Waals surface area contributed by atoms with Crippen LogP contribution in [0.25, 0.3) is 0 Å². The number of carbonyl (C=O) groups excluding carboxylic acids is 1. The molecule has 0 atom stereocenters. The molecule has 1 aliphatic carbocycles. The number of hydrogen-bond acceptors (Lipinski definition) is 4. The normalized spacial score (nSPS) is 24.2. The Morgan fingerprint density at radius 1 is 1.11 bits per heavy atom. The largest absolute Gasteiger partial charge is 0.382 e. The van der Waals surface area contributed by atoms with Crippen LogP contribution in [-0.2, 0) is 4.79 Å². The van der Waals surface area contributed by atoms with E-state index in [2.05, 4.69) is 29.0 Å². The number of nitrogens with zero attached hydrogens (tertiary/aromatic N) is 2. The first-order chi connectivity index (χ1) is 13.1. The van der Waals surface area contributed by atoms with Crippen LogP contribution in [0.1, 0.15) is 52.4 Å². The van der Waals surface area contributed by atoms with Crippen molar-refractivity contribution in [1.82, 2.24) is 4.90 Å². The molecule has 150 valence electrons. The summed E-state index contributed by atoms with van der Waals surface area (Å²) in [6.07, 6.45) is 7.36. The number of piperazine rings is 1. The van der Waals surface area contributed by atoms with Gasteiger partial charge in [0.05, 0.1) is 5.69 Å². The summed E-state index contributed by atoms with van der Waals surface area (Å²) in [5.74, 6) is 0.0828. The fraction of sp³-hybridized carbons (Fsp3) is 0.682. The van der Waals surface area contributed by atoms with Crippen molar-refractivity contribution in [3.8, 4) is 0 Å². The van der Waals surface area contributed by atoms with E-state index in [1.807, 2.05) is 12.1 Å². The molecule has 2 fully saturated rings. The van der Waals surface area contributed by atoms with Crippen LogP contribution in [0.3, 0.4) is 0 Å². The fourth-order valence-corrected chi connectivity index (χ4v) is 4.61. The molecule has 1 aliphatic heterocycles. The lowest BCUT2D eigenvalue weighted by Gasteiger charge is -2.40. The van der Waals surface area contributed by atoms with Crippen molar-refractivity contribution in [3.05, 3.63) is 24.0 Å². The number of anilines is 2. The molecule has 0 radical (unpaired) electrons. The number of nitrogens with one attached hydrogen (secondary N) is 1. The molecule has 1 N–H and O–H groups in total. The summed E-state index contributed by atoms with van der Waals surface area (Å²) in [7, 11) is 0. The molecule has 1 saturated carbocycles. The van der Waals surface area contributed by atoms with Crippen molar-refractivity contribution in [2.45, 2.75) is 64.5 Å². The van der Waals surface area contributed by atoms with Gasteiger partial charge < -0.3 is 15.0 Å². The number of benzene rings is 1. The minimum Gasteiger partial charge on any atom is -0.382 e. The number of hydrogen-bond donors (Lipinski definition) is 1. The first-order valence-corrected chi connectivity index (χ1v) is 10.6. The Bertz CT molecular complexity index is 604. The molecular formula is C22H34FN3O. The highest BCUT2D eigenvalue weighted by Gasteiger charge is 2.24. The zero-order chi connectivity index (χ0) is 19.2. The van der Waals surface area contributed by atoms with Gasteiger partial charge in [0.1, 0.15) is 12.1 Å². The highest BCUT2D eigenvalue weighted by atomic mass is 19.1. The SMILES string of the molecule is CCC(CC)N1CCN(c2cc(NC3CCC(C=O)CC3)ccc2F)CC1. The lowest BCUT2D eigenvalue weighted by atomic mass is 9.87. The minimum atomic E-state index is -0.138. The van der Waals surface area contributed by atoms with Crippen molar-refractivity contribution >= 4 is 17.7 Å². The second kappa shape index (κ2) is 9.54. The molecule has 2 aliphatic rings. The smallest absolute Gasteiger partial charge is 0.146 e. The van der Waals surface area contributed by atoms with Gasteiger partial charge in [-0.25, -0.2) is 4.39 Å². The van der Waals surface area contributed by atoms with Gasteiger partial charge in [0, 0.05) is 49.9 Å². The summed E-state index contributed by atoms with van der Waals surface area (Å²) in [5.41, 5.74) is 1.70. The van der Waals surface area contributed by atoms with Crippen LogP contribution in [0, 0.1) is 11.7 Å². The summed E-state index contributed by atoms with van der Waals surface area (Å²) in [6, 6.07) is 6.42. The van der Waals surface area contributed by atoms with Crippen molar-refractivity contribution in [1.29, 1.82) is 0 Å². The number of halogens is 1. The topological polar surface area (TPSA) is 35.6 Å². The van der Waals surface area contributed by atoms with E-state index >= 15 is 0 Å². The quantitative estimate of drug-likeness (QED) is 0.721. The van der Waals surface area contributed by atoms with E-state index in [-0.39, 0.29) is 11.7 Å². The van der Waals surface area contributed by atoms with Crippen molar-refractivity contribution < 1.29 is 9.18 Å². The lowest BCUT2D eigenvalue weighted by molar-refractivity contribution is -0.111. The fourth-order valence-electron chi connectivity index (χ4n) is 4.61. The molecule has 1 saturated heterocycles. The summed E-state index contributed by atoms with van der Waals surface area (Å²) in [6.45, 7) is 8.25. The lowest BCUT2D eigenvalue weighted by Crippen LogP contribution is -2.50. The molecule has 3 rings (SSSR count). The number of aldehydes is 1. The third-order valence-electron chi connectivity index (χ3n) is 6.40. The summed E-state index contributed by atoms with van der Waals surface area (Å²) in [4.78, 5) is 15.6. The molecule has 0 bridgehead atoms. The Labute approximate surface area is 163 Å². The van der Waals surface area contributed by atoms with E-state index in [0.29, 0.717) is 17.8 Å². The highest BCUT2D eigenvalue weighted by Crippen LogP contribution is 2.29. The van der Waals surface area contributed by atoms with Crippen molar-refractivity contribution in [2.24, 2.45) is 5.92 Å². The predicted molar refractivity (Wildman–Crippen MR) is 110 cm³/mol. The first kappa shape index (κ1) is 20.1. The Morgan fingerprint density at radius 2 is 1.78 bits per heavy atom. The maximum Gasteiger partial charge on any atom is 0.146 e. The molecule has 1 aromatic carbocycles. The van der Waals surface area contributed by atoms with Gasteiger partial charge in [-0.05, 0) is 56.7 Å². The van der Waals surface area contributed by atoms with Crippen LogP contribution < -0.4 is 10.2 Å². The molecule has 0 spiro atoms. The zero-order valence-corrected chi connectivity index (χ0v) is 16.8. The Balaban J connectivity index is 1.60. The zero-order valence-electron chi connectivity index (χ0n) is 16.8. The summed E-state index contributed by atoms with van der Waals surface area (Å²) >= 11 is 0. The second-order valence-corrected chi connectivity index (χ2v) is 8.05. The maximum absolute atomic E-state index is 14.5. The van der Waals surface area contributed by atoms with Gasteiger partial charge in [-0.2, -0.15) is 0 Å². The van der Waals surface area contributed by atoms with Gasteiger partial charge in [0.2, 0.25) is 0 Å². The molecule has 0 unspecified atom stereocenters. The molecule has 0 aromatic heterocycles. The molecule has 1 heterocycles. The molecular weight excluding hydrogens is 341 g/mol. The van der Waals surface area contributed by atoms with Crippen LogP contribution in [0.4, 0.5) is 15.8 Å². The molecule has 5 heteroatoms. The van der Waals surface area contributed by atoms with Gasteiger partial charge in [0.25, 0.3) is 0 Å². The monoisotopic (exact) mass is 375 g/mol. The molecule has 4 nitrogen and oxygen atoms in total. The van der Waals surface area contributed by atoms with E-state index < -0.39 is 0 Å². The standard InChI is InChI=1S/C22H34FN3O/c1-3-20(4-2)25-11-13-26(14-12-25)22-15-19(9-10-21(22)23)24-18-7-5-17(16-27)6-8-18/h9-10,15-18,20,24H,3-8,11-14H2,1-2H3. The van der Waals surface area contributed by atoms with Crippen LogP contribution in [0.2, 0.25) is 0 Å². The second-order valence-electron chi connectivity index (χ2n) is 8.05. The van der Waals surface area contributed by atoms with E-state index in [4.69, 9.17) is 0 Å². The Hall–Kier alpha value is -1.62. The molecule has 1 aromatic rings.